The zero-order valence-corrected chi connectivity index (χ0v) is 9.42. The number of primary amides is 1. The second kappa shape index (κ2) is 6.24. The number of hydrogen-bond acceptors (Lipinski definition) is 3. The molecule has 0 bridgehead atoms. The van der Waals surface area contributed by atoms with E-state index in [0.717, 1.165) is 0 Å². The minimum atomic E-state index is -1.20. The first-order valence-corrected chi connectivity index (χ1v) is 5.11. The molecule has 7 heteroatoms. The van der Waals surface area contributed by atoms with Crippen LogP contribution in [-0.2, 0) is 9.59 Å². The van der Waals surface area contributed by atoms with Crippen molar-refractivity contribution in [3.8, 4) is 0 Å². The average molecular weight is 251 g/mol. The van der Waals surface area contributed by atoms with Crippen LogP contribution in [0.25, 0.3) is 0 Å². The van der Waals surface area contributed by atoms with E-state index in [2.05, 4.69) is 10.6 Å². The summed E-state index contributed by atoms with van der Waals surface area (Å²) in [6, 6.07) is 6.25. The molecule has 0 aliphatic carbocycles. The lowest BCUT2D eigenvalue weighted by Gasteiger charge is -2.14. The molecule has 0 spiro atoms. The summed E-state index contributed by atoms with van der Waals surface area (Å²) >= 11 is 0. The molecule has 1 atom stereocenters. The van der Waals surface area contributed by atoms with Crippen LogP contribution < -0.4 is 16.4 Å². The minimum Gasteiger partial charge on any atom is -0.479 e. The predicted molar refractivity (Wildman–Crippen MR) is 62.5 cm³/mol. The van der Waals surface area contributed by atoms with Gasteiger partial charge in [0.25, 0.3) is 0 Å². The van der Waals surface area contributed by atoms with Crippen molar-refractivity contribution < 1.29 is 19.5 Å². The highest BCUT2D eigenvalue weighted by Gasteiger charge is 2.21. The summed E-state index contributed by atoms with van der Waals surface area (Å²) in [5.41, 5.74) is 5.27. The fraction of sp³-hybridized carbons (Fsp3) is 0.182. The highest BCUT2D eigenvalue weighted by molar-refractivity contribution is 5.86. The van der Waals surface area contributed by atoms with Gasteiger partial charge >= 0.3 is 12.0 Å². The third-order valence-corrected chi connectivity index (χ3v) is 2.08. The van der Waals surface area contributed by atoms with Crippen LogP contribution in [-0.4, -0.2) is 29.6 Å². The zero-order valence-electron chi connectivity index (χ0n) is 9.42. The number of nitrogens with two attached hydrogens (primary N) is 1. The molecule has 0 heterocycles. The Morgan fingerprint density at radius 2 is 1.83 bits per heavy atom. The third-order valence-electron chi connectivity index (χ3n) is 2.08. The molecule has 0 aliphatic rings. The lowest BCUT2D eigenvalue weighted by molar-refractivity contribution is -0.139. The average Bonchev–Trinajstić information content (AvgIpc) is 2.34. The predicted octanol–water partition coefficient (Wildman–Crippen LogP) is -0.403. The molecule has 7 nitrogen and oxygen atoms in total. The summed E-state index contributed by atoms with van der Waals surface area (Å²) in [4.78, 5) is 32.8. The lowest BCUT2D eigenvalue weighted by atomic mass is 10.1. The van der Waals surface area contributed by atoms with Crippen LogP contribution >= 0.6 is 0 Å². The van der Waals surface area contributed by atoms with Gasteiger partial charge in [0.1, 0.15) is 0 Å². The van der Waals surface area contributed by atoms with Gasteiger partial charge in [-0.2, -0.15) is 0 Å². The van der Waals surface area contributed by atoms with Crippen molar-refractivity contribution in [2.24, 2.45) is 5.73 Å². The number of carbonyl (C=O) groups excluding carboxylic acids is 2. The summed E-state index contributed by atoms with van der Waals surface area (Å²) in [5, 5.41) is 13.4. The number of urea groups is 1. The molecule has 0 saturated heterocycles. The van der Waals surface area contributed by atoms with Gasteiger partial charge in [0.2, 0.25) is 5.91 Å². The second-order valence-corrected chi connectivity index (χ2v) is 3.48. The van der Waals surface area contributed by atoms with Gasteiger partial charge in [-0.25, -0.2) is 9.59 Å². The van der Waals surface area contributed by atoms with E-state index in [4.69, 9.17) is 10.8 Å². The van der Waals surface area contributed by atoms with Gasteiger partial charge < -0.3 is 21.5 Å². The molecular weight excluding hydrogens is 238 g/mol. The highest BCUT2D eigenvalue weighted by Crippen LogP contribution is 2.12. The van der Waals surface area contributed by atoms with E-state index in [1.54, 1.807) is 30.3 Å². The van der Waals surface area contributed by atoms with Crippen LogP contribution in [0.1, 0.15) is 11.6 Å². The first-order chi connectivity index (χ1) is 8.50. The summed E-state index contributed by atoms with van der Waals surface area (Å²) in [6.45, 7) is -0.354. The molecule has 0 saturated carbocycles. The van der Waals surface area contributed by atoms with E-state index in [9.17, 15) is 14.4 Å². The standard InChI is InChI=1S/C11H13N3O4/c12-8(15)6-13-11(18)14-9(10(16)17)7-4-2-1-3-5-7/h1-5,9H,6H2,(H2,12,15)(H,16,17)(H2,13,14,18)/t9-/m0/s1. The molecule has 5 N–H and O–H groups in total. The molecule has 0 aliphatic heterocycles. The van der Waals surface area contributed by atoms with E-state index in [-0.39, 0.29) is 6.54 Å². The molecule has 0 unspecified atom stereocenters. The lowest BCUT2D eigenvalue weighted by Crippen LogP contribution is -2.43. The molecule has 0 aromatic heterocycles. The number of carboxylic acid groups (broad SMARTS) is 1. The van der Waals surface area contributed by atoms with Gasteiger partial charge in [-0.3, -0.25) is 4.79 Å². The van der Waals surface area contributed by atoms with Crippen LogP contribution in [0.3, 0.4) is 0 Å². The van der Waals surface area contributed by atoms with Crippen LogP contribution in [0.4, 0.5) is 4.79 Å². The summed E-state index contributed by atoms with van der Waals surface area (Å²) < 4.78 is 0. The third kappa shape index (κ3) is 4.12. The first kappa shape index (κ1) is 13.5. The maximum atomic E-state index is 11.3. The number of benzene rings is 1. The second-order valence-electron chi connectivity index (χ2n) is 3.48. The largest absolute Gasteiger partial charge is 0.479 e. The molecule has 1 rings (SSSR count). The maximum Gasteiger partial charge on any atom is 0.330 e. The van der Waals surface area contributed by atoms with Crippen LogP contribution in [0, 0.1) is 0 Å². The Balaban J connectivity index is 2.67. The van der Waals surface area contributed by atoms with Gasteiger partial charge in [-0.15, -0.1) is 0 Å². The van der Waals surface area contributed by atoms with Gasteiger partial charge in [-0.1, -0.05) is 30.3 Å². The van der Waals surface area contributed by atoms with E-state index in [1.165, 1.54) is 0 Å². The Hall–Kier alpha value is -2.57. The highest BCUT2D eigenvalue weighted by atomic mass is 16.4. The Labute approximate surface area is 103 Å². The fourth-order valence-electron chi connectivity index (χ4n) is 1.28. The molecule has 96 valence electrons. The summed E-state index contributed by atoms with van der Waals surface area (Å²) in [6.07, 6.45) is 0. The number of aliphatic carboxylic acids is 1. The number of amides is 3. The van der Waals surface area contributed by atoms with Gasteiger partial charge in [0, 0.05) is 0 Å². The normalized spacial score (nSPS) is 11.3. The Morgan fingerprint density at radius 1 is 1.22 bits per heavy atom. The number of nitrogens with one attached hydrogen (secondary N) is 2. The van der Waals surface area contributed by atoms with Gasteiger partial charge in [-0.05, 0) is 5.56 Å². The summed E-state index contributed by atoms with van der Waals surface area (Å²) in [5.74, 6) is -1.91. The molecule has 0 fully saturated rings. The quantitative estimate of drug-likeness (QED) is 0.568. The maximum absolute atomic E-state index is 11.3. The van der Waals surface area contributed by atoms with Crippen molar-refractivity contribution in [2.45, 2.75) is 6.04 Å². The Kier molecular flexibility index (Phi) is 4.67. The minimum absolute atomic E-state index is 0.354. The number of carboxylic acids is 1. The number of rotatable bonds is 5. The van der Waals surface area contributed by atoms with Crippen molar-refractivity contribution in [2.75, 3.05) is 6.54 Å². The van der Waals surface area contributed by atoms with Crippen LogP contribution in [0.5, 0.6) is 0 Å². The van der Waals surface area contributed by atoms with Crippen molar-refractivity contribution in [3.05, 3.63) is 35.9 Å². The van der Waals surface area contributed by atoms with Crippen molar-refractivity contribution in [1.29, 1.82) is 0 Å². The van der Waals surface area contributed by atoms with Crippen LogP contribution in [0.15, 0.2) is 30.3 Å². The number of carbonyl (C=O) groups is 3. The van der Waals surface area contributed by atoms with E-state index >= 15 is 0 Å². The zero-order chi connectivity index (χ0) is 13.5. The molecule has 18 heavy (non-hydrogen) atoms. The SMILES string of the molecule is NC(=O)CNC(=O)N[C@H](C(=O)O)c1ccccc1. The smallest absolute Gasteiger partial charge is 0.330 e. The van der Waals surface area contributed by atoms with Crippen molar-refractivity contribution >= 4 is 17.9 Å². The van der Waals surface area contributed by atoms with E-state index in [1.807, 2.05) is 0 Å². The monoisotopic (exact) mass is 251 g/mol. The van der Waals surface area contributed by atoms with Crippen molar-refractivity contribution in [3.63, 3.8) is 0 Å². The molecule has 3 amide bonds. The topological polar surface area (TPSA) is 122 Å². The molecular formula is C11H13N3O4. The van der Waals surface area contributed by atoms with Crippen molar-refractivity contribution in [1.82, 2.24) is 10.6 Å². The molecule has 0 radical (unpaired) electrons. The number of hydrogen-bond donors (Lipinski definition) is 4. The Morgan fingerprint density at radius 3 is 2.33 bits per heavy atom. The van der Waals surface area contributed by atoms with E-state index in [0.29, 0.717) is 5.56 Å². The van der Waals surface area contributed by atoms with E-state index < -0.39 is 23.9 Å². The van der Waals surface area contributed by atoms with Gasteiger partial charge in [0.05, 0.1) is 6.54 Å². The van der Waals surface area contributed by atoms with Crippen LogP contribution in [0.2, 0.25) is 0 Å². The fourth-order valence-corrected chi connectivity index (χ4v) is 1.28. The summed E-state index contributed by atoms with van der Waals surface area (Å²) in [7, 11) is 0. The van der Waals surface area contributed by atoms with Gasteiger partial charge in [0.15, 0.2) is 6.04 Å². The Bertz CT molecular complexity index is 447. The molecule has 1 aromatic rings. The first-order valence-electron chi connectivity index (χ1n) is 5.11. The molecule has 1 aromatic carbocycles.